The van der Waals surface area contributed by atoms with Crippen LogP contribution in [0.1, 0.15) is 22.3 Å². The van der Waals surface area contributed by atoms with Crippen molar-refractivity contribution in [3.05, 3.63) is 86.9 Å². The van der Waals surface area contributed by atoms with Crippen LogP contribution in [0.4, 0.5) is 5.69 Å². The van der Waals surface area contributed by atoms with E-state index in [2.05, 4.69) is 47.2 Å². The number of ether oxygens (including phenoxy) is 2. The largest absolute Gasteiger partial charge is 0.508 e. The van der Waals surface area contributed by atoms with Crippen LogP contribution in [0.2, 0.25) is 0 Å². The lowest BCUT2D eigenvalue weighted by molar-refractivity contribution is -0.112. The number of carbonyl (C=O) groups is 1. The first-order valence-corrected chi connectivity index (χ1v) is 10.9. The van der Waals surface area contributed by atoms with Crippen molar-refractivity contribution in [2.24, 2.45) is 0 Å². The minimum Gasteiger partial charge on any atom is -0.508 e. The van der Waals surface area contributed by atoms with Crippen LogP contribution in [0.15, 0.2) is 64.6 Å². The average Bonchev–Trinajstić information content (AvgIpc) is 2.80. The molecule has 0 fully saturated rings. The van der Waals surface area contributed by atoms with Crippen LogP contribution in [0, 0.1) is 25.2 Å². The van der Waals surface area contributed by atoms with Crippen molar-refractivity contribution in [3.8, 4) is 23.3 Å². The van der Waals surface area contributed by atoms with Gasteiger partial charge in [-0.05, 0) is 94.5 Å². The van der Waals surface area contributed by atoms with Crippen LogP contribution in [-0.4, -0.2) is 18.1 Å². The van der Waals surface area contributed by atoms with E-state index in [1.54, 1.807) is 24.3 Å². The number of aryl methyl sites for hydroxylation is 2. The van der Waals surface area contributed by atoms with Crippen molar-refractivity contribution in [1.29, 1.82) is 5.26 Å². The van der Waals surface area contributed by atoms with Gasteiger partial charge in [-0.15, -0.1) is 0 Å². The molecule has 0 unspecified atom stereocenters. The zero-order chi connectivity index (χ0) is 24.0. The topological polar surface area (TPSA) is 91.6 Å². The van der Waals surface area contributed by atoms with Crippen LogP contribution >= 0.6 is 15.9 Å². The van der Waals surface area contributed by atoms with Crippen LogP contribution in [0.5, 0.6) is 17.2 Å². The van der Waals surface area contributed by atoms with Crippen LogP contribution in [0.3, 0.4) is 0 Å². The molecule has 0 bridgehead atoms. The number of hydrogen-bond acceptors (Lipinski definition) is 5. The molecule has 7 heteroatoms. The normalized spacial score (nSPS) is 10.9. The molecular formula is C26H23BrN2O4. The Hall–Kier alpha value is -3.76. The van der Waals surface area contributed by atoms with Crippen molar-refractivity contribution in [2.45, 2.75) is 20.5 Å². The molecule has 0 aliphatic rings. The highest BCUT2D eigenvalue weighted by atomic mass is 79.9. The van der Waals surface area contributed by atoms with Crippen molar-refractivity contribution in [2.75, 3.05) is 12.4 Å². The minimum absolute atomic E-state index is 0.0826. The molecule has 0 aliphatic carbocycles. The highest BCUT2D eigenvalue weighted by molar-refractivity contribution is 9.10. The molecule has 0 aromatic heterocycles. The Bertz CT molecular complexity index is 1240. The van der Waals surface area contributed by atoms with E-state index in [0.29, 0.717) is 33.8 Å². The smallest absolute Gasteiger partial charge is 0.266 e. The summed E-state index contributed by atoms with van der Waals surface area (Å²) in [5, 5.41) is 21.5. The summed E-state index contributed by atoms with van der Waals surface area (Å²) >= 11 is 3.51. The Balaban J connectivity index is 1.81. The number of rotatable bonds is 7. The molecule has 0 heterocycles. The van der Waals surface area contributed by atoms with Gasteiger partial charge in [-0.2, -0.15) is 5.26 Å². The van der Waals surface area contributed by atoms with E-state index in [9.17, 15) is 15.2 Å². The van der Waals surface area contributed by atoms with Crippen LogP contribution < -0.4 is 14.8 Å². The maximum Gasteiger partial charge on any atom is 0.266 e. The molecule has 0 aliphatic heterocycles. The second-order valence-electron chi connectivity index (χ2n) is 7.41. The van der Waals surface area contributed by atoms with E-state index in [1.807, 2.05) is 12.1 Å². The highest BCUT2D eigenvalue weighted by Crippen LogP contribution is 2.38. The summed E-state index contributed by atoms with van der Waals surface area (Å²) in [6, 6.07) is 17.5. The van der Waals surface area contributed by atoms with Gasteiger partial charge >= 0.3 is 0 Å². The lowest BCUT2D eigenvalue weighted by atomic mass is 10.1. The Labute approximate surface area is 201 Å². The predicted molar refractivity (Wildman–Crippen MR) is 131 cm³/mol. The number of phenolic OH excluding ortho intramolecular Hbond substituents is 1. The molecule has 3 aromatic carbocycles. The maximum atomic E-state index is 12.5. The monoisotopic (exact) mass is 506 g/mol. The molecular weight excluding hydrogens is 484 g/mol. The van der Waals surface area contributed by atoms with Crippen LogP contribution in [-0.2, 0) is 11.4 Å². The number of carbonyl (C=O) groups excluding carboxylic acids is 1. The van der Waals surface area contributed by atoms with Gasteiger partial charge in [0.25, 0.3) is 5.91 Å². The summed E-state index contributed by atoms with van der Waals surface area (Å²) in [5.41, 5.74) is 4.42. The molecule has 2 N–H and O–H groups in total. The third-order valence-corrected chi connectivity index (χ3v) is 5.60. The van der Waals surface area contributed by atoms with E-state index >= 15 is 0 Å². The number of benzene rings is 3. The SMILES string of the molecule is COc1cc(/C=C(\C#N)C(=O)Nc2ccc(O)cc2)cc(Br)c1OCc1ccc(C)c(C)c1. The summed E-state index contributed by atoms with van der Waals surface area (Å²) in [4.78, 5) is 12.5. The number of aromatic hydroxyl groups is 1. The summed E-state index contributed by atoms with van der Waals surface area (Å²) in [7, 11) is 1.53. The molecule has 6 nitrogen and oxygen atoms in total. The number of anilines is 1. The fraction of sp³-hybridized carbons (Fsp3) is 0.154. The molecule has 33 heavy (non-hydrogen) atoms. The third-order valence-electron chi connectivity index (χ3n) is 5.01. The molecule has 0 saturated carbocycles. The van der Waals surface area contributed by atoms with Crippen molar-refractivity contribution in [3.63, 3.8) is 0 Å². The van der Waals surface area contributed by atoms with E-state index in [1.165, 1.54) is 36.4 Å². The van der Waals surface area contributed by atoms with E-state index in [0.717, 1.165) is 5.56 Å². The van der Waals surface area contributed by atoms with Gasteiger partial charge in [0, 0.05) is 5.69 Å². The number of halogens is 1. The number of methoxy groups -OCH3 is 1. The Morgan fingerprint density at radius 2 is 1.85 bits per heavy atom. The zero-order valence-corrected chi connectivity index (χ0v) is 20.1. The van der Waals surface area contributed by atoms with E-state index < -0.39 is 5.91 Å². The maximum absolute atomic E-state index is 12.5. The standard InChI is InChI=1S/C26H23BrN2O4/c1-16-4-5-18(10-17(16)2)15-33-25-23(27)12-19(13-24(25)32-3)11-20(14-28)26(31)29-21-6-8-22(30)9-7-21/h4-13,30H,15H2,1-3H3,(H,29,31)/b20-11+. The minimum atomic E-state index is -0.562. The van der Waals surface area contributed by atoms with Crippen LogP contribution in [0.25, 0.3) is 6.08 Å². The number of hydrogen-bond donors (Lipinski definition) is 2. The number of amides is 1. The summed E-state index contributed by atoms with van der Waals surface area (Å²) in [6.07, 6.45) is 1.47. The number of nitrogens with one attached hydrogen (secondary N) is 1. The Morgan fingerprint density at radius 3 is 2.48 bits per heavy atom. The second kappa shape index (κ2) is 10.7. The first-order valence-electron chi connectivity index (χ1n) is 10.1. The van der Waals surface area contributed by atoms with Crippen molar-refractivity contribution >= 4 is 33.6 Å². The first-order chi connectivity index (χ1) is 15.8. The third kappa shape index (κ3) is 6.15. The van der Waals surface area contributed by atoms with Gasteiger partial charge in [0.2, 0.25) is 0 Å². The average molecular weight is 507 g/mol. The molecule has 1 amide bonds. The van der Waals surface area contributed by atoms with Gasteiger partial charge < -0.3 is 19.9 Å². The van der Waals surface area contributed by atoms with Gasteiger partial charge in [-0.1, -0.05) is 18.2 Å². The summed E-state index contributed by atoms with van der Waals surface area (Å²) in [5.74, 6) is 0.518. The molecule has 0 radical (unpaired) electrons. The molecule has 3 rings (SSSR count). The zero-order valence-electron chi connectivity index (χ0n) is 18.5. The summed E-state index contributed by atoms with van der Waals surface area (Å²) in [6.45, 7) is 4.48. The van der Waals surface area contributed by atoms with Gasteiger partial charge in [0.1, 0.15) is 24.0 Å². The lowest BCUT2D eigenvalue weighted by Gasteiger charge is -2.14. The van der Waals surface area contributed by atoms with Crippen molar-refractivity contribution < 1.29 is 19.4 Å². The van der Waals surface area contributed by atoms with E-state index in [4.69, 9.17) is 9.47 Å². The molecule has 0 saturated heterocycles. The van der Waals surface area contributed by atoms with Gasteiger partial charge in [-0.3, -0.25) is 4.79 Å². The second-order valence-corrected chi connectivity index (χ2v) is 8.27. The number of nitriles is 1. The molecule has 168 valence electrons. The molecule has 0 atom stereocenters. The quantitative estimate of drug-likeness (QED) is 0.236. The van der Waals surface area contributed by atoms with Gasteiger partial charge in [0.05, 0.1) is 11.6 Å². The fourth-order valence-corrected chi connectivity index (χ4v) is 3.64. The van der Waals surface area contributed by atoms with Gasteiger partial charge in [-0.25, -0.2) is 0 Å². The predicted octanol–water partition coefficient (Wildman–Crippen LogP) is 5.90. The number of nitrogens with zero attached hydrogens (tertiary/aromatic N) is 1. The summed E-state index contributed by atoms with van der Waals surface area (Å²) < 4.78 is 12.1. The highest BCUT2D eigenvalue weighted by Gasteiger charge is 2.14. The van der Waals surface area contributed by atoms with Crippen molar-refractivity contribution in [1.82, 2.24) is 0 Å². The Kier molecular flexibility index (Phi) is 7.75. The molecule has 0 spiro atoms. The number of phenols is 1. The fourth-order valence-electron chi connectivity index (χ4n) is 3.07. The first kappa shape index (κ1) is 23.9. The Morgan fingerprint density at radius 1 is 1.12 bits per heavy atom. The van der Waals surface area contributed by atoms with Gasteiger partial charge in [0.15, 0.2) is 11.5 Å². The van der Waals surface area contributed by atoms with E-state index in [-0.39, 0.29) is 11.3 Å². The molecule has 3 aromatic rings. The lowest BCUT2D eigenvalue weighted by Crippen LogP contribution is -2.13.